The van der Waals surface area contributed by atoms with E-state index in [0.29, 0.717) is 0 Å². The highest BCUT2D eigenvalue weighted by Crippen LogP contribution is 2.26. The van der Waals surface area contributed by atoms with Crippen LogP contribution in [0.3, 0.4) is 0 Å². The molecular formula is C22H22N2O3S. The summed E-state index contributed by atoms with van der Waals surface area (Å²) >= 11 is 1.55. The van der Waals surface area contributed by atoms with Crippen molar-refractivity contribution in [3.8, 4) is 11.5 Å². The largest absolute Gasteiger partial charge is 0.497 e. The Kier molecular flexibility index (Phi) is 6.45. The van der Waals surface area contributed by atoms with Crippen molar-refractivity contribution in [2.24, 2.45) is 0 Å². The maximum atomic E-state index is 12.6. The van der Waals surface area contributed by atoms with Gasteiger partial charge in [-0.05, 0) is 48.4 Å². The van der Waals surface area contributed by atoms with Crippen LogP contribution in [0.1, 0.15) is 27.9 Å². The number of rotatable bonds is 7. The van der Waals surface area contributed by atoms with Gasteiger partial charge in [0, 0.05) is 11.5 Å². The van der Waals surface area contributed by atoms with Gasteiger partial charge in [0.05, 0.1) is 31.0 Å². The summed E-state index contributed by atoms with van der Waals surface area (Å²) < 4.78 is 10.5. The van der Waals surface area contributed by atoms with Crippen molar-refractivity contribution >= 4 is 23.3 Å². The second-order valence-corrected chi connectivity index (χ2v) is 7.17. The normalized spacial score (nSPS) is 11.0. The van der Waals surface area contributed by atoms with Crippen LogP contribution in [0.15, 0.2) is 60.0 Å². The topological polar surface area (TPSA) is 60.5 Å². The summed E-state index contributed by atoms with van der Waals surface area (Å²) in [5.74, 6) is 1.34. The molecule has 3 aromatic rings. The van der Waals surface area contributed by atoms with Crippen molar-refractivity contribution in [1.82, 2.24) is 10.3 Å². The van der Waals surface area contributed by atoms with E-state index in [1.807, 2.05) is 60.8 Å². The summed E-state index contributed by atoms with van der Waals surface area (Å²) in [6, 6.07) is 15.0. The number of amides is 1. The van der Waals surface area contributed by atoms with Gasteiger partial charge in [-0.1, -0.05) is 24.3 Å². The summed E-state index contributed by atoms with van der Waals surface area (Å²) in [5.41, 5.74) is 2.69. The molecule has 0 aliphatic rings. The lowest BCUT2D eigenvalue weighted by Crippen LogP contribution is -2.27. The second kappa shape index (κ2) is 9.19. The van der Waals surface area contributed by atoms with Crippen LogP contribution >= 0.6 is 11.3 Å². The van der Waals surface area contributed by atoms with Crippen LogP contribution in [0.4, 0.5) is 0 Å². The van der Waals surface area contributed by atoms with Gasteiger partial charge in [-0.3, -0.25) is 4.79 Å². The molecule has 5 nitrogen and oxygen atoms in total. The molecule has 3 rings (SSSR count). The predicted molar refractivity (Wildman–Crippen MR) is 112 cm³/mol. The fourth-order valence-electron chi connectivity index (χ4n) is 2.76. The third-order valence-electron chi connectivity index (χ3n) is 4.23. The Morgan fingerprint density at radius 3 is 1.96 bits per heavy atom. The van der Waals surface area contributed by atoms with Crippen molar-refractivity contribution < 1.29 is 14.3 Å². The summed E-state index contributed by atoms with van der Waals surface area (Å²) in [5, 5.41) is 5.96. The average molecular weight is 394 g/mol. The molecule has 1 heterocycles. The van der Waals surface area contributed by atoms with Crippen LogP contribution in [0, 0.1) is 6.92 Å². The van der Waals surface area contributed by atoms with E-state index < -0.39 is 0 Å². The number of methoxy groups -OCH3 is 2. The summed E-state index contributed by atoms with van der Waals surface area (Å²) in [4.78, 5) is 16.9. The third-order valence-corrected chi connectivity index (χ3v) is 5.02. The number of aryl methyl sites for hydroxylation is 1. The molecule has 0 radical (unpaired) electrons. The molecule has 0 bridgehead atoms. The maximum absolute atomic E-state index is 12.6. The van der Waals surface area contributed by atoms with E-state index in [0.717, 1.165) is 33.3 Å². The van der Waals surface area contributed by atoms with Crippen molar-refractivity contribution in [2.75, 3.05) is 14.2 Å². The molecule has 0 aliphatic carbocycles. The van der Waals surface area contributed by atoms with Gasteiger partial charge < -0.3 is 14.8 Å². The number of carbonyl (C=O) groups is 1. The van der Waals surface area contributed by atoms with Gasteiger partial charge in [-0.2, -0.15) is 0 Å². The van der Waals surface area contributed by atoms with Gasteiger partial charge in [0.25, 0.3) is 0 Å². The Hall–Kier alpha value is -3.12. The predicted octanol–water partition coefficient (Wildman–Crippen LogP) is 4.39. The van der Waals surface area contributed by atoms with Gasteiger partial charge in [0.2, 0.25) is 5.91 Å². The molecule has 0 aliphatic heterocycles. The molecule has 0 saturated heterocycles. The molecule has 0 atom stereocenters. The van der Waals surface area contributed by atoms with Crippen molar-refractivity contribution in [3.05, 3.63) is 81.8 Å². The number of thiazole rings is 1. The lowest BCUT2D eigenvalue weighted by molar-refractivity contribution is -0.116. The first-order valence-electron chi connectivity index (χ1n) is 8.77. The first-order valence-corrected chi connectivity index (χ1v) is 9.65. The van der Waals surface area contributed by atoms with Crippen LogP contribution < -0.4 is 14.8 Å². The SMILES string of the molecule is COc1ccc(C(NC(=O)/C=C/c2csc(C)n2)c2ccc(OC)cc2)cc1. The highest BCUT2D eigenvalue weighted by molar-refractivity contribution is 7.09. The van der Waals surface area contributed by atoms with Crippen LogP contribution in [-0.2, 0) is 4.79 Å². The van der Waals surface area contributed by atoms with Crippen LogP contribution in [0.5, 0.6) is 11.5 Å². The molecule has 0 fully saturated rings. The molecule has 144 valence electrons. The van der Waals surface area contributed by atoms with E-state index in [4.69, 9.17) is 9.47 Å². The van der Waals surface area contributed by atoms with E-state index in [2.05, 4.69) is 10.3 Å². The maximum Gasteiger partial charge on any atom is 0.244 e. The Balaban J connectivity index is 1.83. The van der Waals surface area contributed by atoms with E-state index >= 15 is 0 Å². The minimum Gasteiger partial charge on any atom is -0.497 e. The first kappa shape index (κ1) is 19.6. The number of hydrogen-bond donors (Lipinski definition) is 1. The molecule has 1 aromatic heterocycles. The Morgan fingerprint density at radius 2 is 1.54 bits per heavy atom. The zero-order valence-electron chi connectivity index (χ0n) is 16.0. The molecule has 2 aromatic carbocycles. The molecule has 1 amide bonds. The number of nitrogens with one attached hydrogen (secondary N) is 1. The van der Waals surface area contributed by atoms with E-state index in [1.54, 1.807) is 31.6 Å². The quantitative estimate of drug-likeness (QED) is 0.604. The van der Waals surface area contributed by atoms with Crippen molar-refractivity contribution in [1.29, 1.82) is 0 Å². The lowest BCUT2D eigenvalue weighted by Gasteiger charge is -2.19. The number of carbonyl (C=O) groups excluding carboxylic acids is 1. The summed E-state index contributed by atoms with van der Waals surface area (Å²) in [6.07, 6.45) is 3.23. The van der Waals surface area contributed by atoms with Gasteiger partial charge in [0.15, 0.2) is 0 Å². The Bertz CT molecular complexity index is 899. The fourth-order valence-corrected chi connectivity index (χ4v) is 3.34. The molecule has 1 N–H and O–H groups in total. The molecule has 0 saturated carbocycles. The van der Waals surface area contributed by atoms with Gasteiger partial charge in [-0.15, -0.1) is 11.3 Å². The van der Waals surface area contributed by atoms with Crippen LogP contribution in [0.2, 0.25) is 0 Å². The second-order valence-electron chi connectivity index (χ2n) is 6.11. The zero-order valence-corrected chi connectivity index (χ0v) is 16.8. The molecule has 0 spiro atoms. The minimum absolute atomic E-state index is 0.192. The number of hydrogen-bond acceptors (Lipinski definition) is 5. The van der Waals surface area contributed by atoms with Crippen LogP contribution in [0.25, 0.3) is 6.08 Å². The number of benzene rings is 2. The van der Waals surface area contributed by atoms with E-state index in [1.165, 1.54) is 6.08 Å². The third kappa shape index (κ3) is 4.98. The van der Waals surface area contributed by atoms with E-state index in [-0.39, 0.29) is 11.9 Å². The highest BCUT2D eigenvalue weighted by Gasteiger charge is 2.16. The van der Waals surface area contributed by atoms with Crippen molar-refractivity contribution in [3.63, 3.8) is 0 Å². The van der Waals surface area contributed by atoms with Gasteiger partial charge in [0.1, 0.15) is 11.5 Å². The van der Waals surface area contributed by atoms with Gasteiger partial charge >= 0.3 is 0 Å². The number of nitrogens with zero attached hydrogens (tertiary/aromatic N) is 1. The number of ether oxygens (including phenoxy) is 2. The average Bonchev–Trinajstić information content (AvgIpc) is 3.16. The standard InChI is InChI=1S/C22H22N2O3S/c1-15-23-18(14-28-15)8-13-21(25)24-22(16-4-9-19(26-2)10-5-16)17-6-11-20(27-3)12-7-17/h4-14,22H,1-3H3,(H,24,25)/b13-8+. The lowest BCUT2D eigenvalue weighted by atomic mass is 9.98. The van der Waals surface area contributed by atoms with Crippen LogP contribution in [-0.4, -0.2) is 25.1 Å². The zero-order chi connectivity index (χ0) is 19.9. The molecule has 28 heavy (non-hydrogen) atoms. The summed E-state index contributed by atoms with van der Waals surface area (Å²) in [6.45, 7) is 1.94. The van der Waals surface area contributed by atoms with Crippen molar-refractivity contribution in [2.45, 2.75) is 13.0 Å². The minimum atomic E-state index is -0.300. The molecule has 0 unspecified atom stereocenters. The summed E-state index contributed by atoms with van der Waals surface area (Å²) in [7, 11) is 3.26. The smallest absolute Gasteiger partial charge is 0.244 e. The molecular weight excluding hydrogens is 372 g/mol. The molecule has 6 heteroatoms. The number of aromatic nitrogens is 1. The monoisotopic (exact) mass is 394 g/mol. The first-order chi connectivity index (χ1) is 13.6. The Labute approximate surface area is 168 Å². The Morgan fingerprint density at radius 1 is 1.00 bits per heavy atom. The van der Waals surface area contributed by atoms with E-state index in [9.17, 15) is 4.79 Å². The fraction of sp³-hybridized carbons (Fsp3) is 0.182. The highest BCUT2D eigenvalue weighted by atomic mass is 32.1. The van der Waals surface area contributed by atoms with Gasteiger partial charge in [-0.25, -0.2) is 4.98 Å².